The summed E-state index contributed by atoms with van der Waals surface area (Å²) in [5.41, 5.74) is 1.02. The lowest BCUT2D eigenvalue weighted by atomic mass is 10.2. The molecule has 0 amide bonds. The molecular weight excluding hydrogens is 434 g/mol. The van der Waals surface area contributed by atoms with Crippen molar-refractivity contribution in [1.29, 1.82) is 5.26 Å². The molecule has 7 nitrogen and oxygen atoms in total. The van der Waals surface area contributed by atoms with Gasteiger partial charge < -0.3 is 14.7 Å². The van der Waals surface area contributed by atoms with Crippen LogP contribution in [-0.4, -0.2) is 10.2 Å². The van der Waals surface area contributed by atoms with Crippen molar-refractivity contribution in [1.82, 2.24) is 10.2 Å². The fourth-order valence-electron chi connectivity index (χ4n) is 2.80. The van der Waals surface area contributed by atoms with Gasteiger partial charge in [0.25, 0.3) is 0 Å². The van der Waals surface area contributed by atoms with Crippen molar-refractivity contribution >= 4 is 34.2 Å². The molecular formula is C20H11Cl2FN4O3. The molecule has 0 unspecified atom stereocenters. The largest absolute Gasteiger partial charge is 0.711 e. The molecule has 0 fully saturated rings. The van der Waals surface area contributed by atoms with Crippen molar-refractivity contribution in [2.24, 2.45) is 0 Å². The van der Waals surface area contributed by atoms with E-state index in [1.807, 2.05) is 6.07 Å². The second-order valence-electron chi connectivity index (χ2n) is 6.16. The summed E-state index contributed by atoms with van der Waals surface area (Å²) in [6.45, 7) is -0.0671. The van der Waals surface area contributed by atoms with Gasteiger partial charge in [-0.1, -0.05) is 28.3 Å². The number of hydrogen-bond acceptors (Lipinski definition) is 5. The van der Waals surface area contributed by atoms with Crippen molar-refractivity contribution in [2.75, 3.05) is 0 Å². The second kappa shape index (κ2) is 8.06. The molecule has 150 valence electrons. The molecule has 0 saturated carbocycles. The Morgan fingerprint density at radius 3 is 2.80 bits per heavy atom. The maximum atomic E-state index is 14.3. The summed E-state index contributed by atoms with van der Waals surface area (Å²) in [5, 5.41) is 28.1. The van der Waals surface area contributed by atoms with Gasteiger partial charge in [0.15, 0.2) is 0 Å². The first-order valence-corrected chi connectivity index (χ1v) is 9.25. The maximum absolute atomic E-state index is 14.3. The summed E-state index contributed by atoms with van der Waals surface area (Å²) in [7, 11) is 0. The summed E-state index contributed by atoms with van der Waals surface area (Å²) in [6, 6.07) is 12.2. The Balaban J connectivity index is 1.59. The van der Waals surface area contributed by atoms with Crippen LogP contribution in [0.4, 0.5) is 4.39 Å². The Labute approximate surface area is 179 Å². The lowest BCUT2D eigenvalue weighted by molar-refractivity contribution is -0.579. The zero-order valence-electron chi connectivity index (χ0n) is 15.0. The summed E-state index contributed by atoms with van der Waals surface area (Å²) in [6.07, 6.45) is 1.34. The number of nitriles is 1. The first-order chi connectivity index (χ1) is 14.4. The number of rotatable bonds is 5. The standard InChI is InChI=1S/C20H11Cl2FN4O3/c21-12-4-11(9-24)5-13(6-12)30-14-7-16(23)19(22)18(8-14)29-10-17-15-2-1-3-27(28)20(15)26-25-17/h1-8H,10H2,(H,25,26). The van der Waals surface area contributed by atoms with E-state index < -0.39 is 5.82 Å². The number of nitrogens with zero attached hydrogens (tertiary/aromatic N) is 3. The Hall–Kier alpha value is -3.54. The minimum Gasteiger partial charge on any atom is -0.711 e. The van der Waals surface area contributed by atoms with E-state index in [1.54, 1.807) is 12.1 Å². The number of aromatic amines is 1. The molecule has 0 aliphatic rings. The molecule has 2 aromatic heterocycles. The minimum atomic E-state index is -0.754. The van der Waals surface area contributed by atoms with Gasteiger partial charge in [-0.15, -0.1) is 5.10 Å². The average molecular weight is 445 g/mol. The number of aromatic nitrogens is 3. The number of pyridine rings is 1. The van der Waals surface area contributed by atoms with Gasteiger partial charge in [-0.2, -0.15) is 5.26 Å². The molecule has 0 aliphatic heterocycles. The third-order valence-electron chi connectivity index (χ3n) is 4.14. The molecule has 2 heterocycles. The highest BCUT2D eigenvalue weighted by atomic mass is 35.5. The number of halogens is 3. The van der Waals surface area contributed by atoms with Gasteiger partial charge in [-0.25, -0.2) is 9.12 Å². The monoisotopic (exact) mass is 444 g/mol. The van der Waals surface area contributed by atoms with Gasteiger partial charge in [-0.3, -0.25) is 0 Å². The van der Waals surface area contributed by atoms with Crippen LogP contribution in [-0.2, 0) is 6.61 Å². The molecule has 4 rings (SSSR count). The van der Waals surface area contributed by atoms with Gasteiger partial charge in [0.05, 0.1) is 23.2 Å². The van der Waals surface area contributed by atoms with E-state index in [0.29, 0.717) is 26.4 Å². The first-order valence-electron chi connectivity index (χ1n) is 8.50. The lowest BCUT2D eigenvalue weighted by Gasteiger charge is -2.11. The summed E-state index contributed by atoms with van der Waals surface area (Å²) in [4.78, 5) is 0. The SMILES string of the molecule is N#Cc1cc(Cl)cc(Oc2cc(F)c(Cl)c(OCc3n[nH]c4c3ccc[n+]4[O-])c2)c1. The fourth-order valence-corrected chi connectivity index (χ4v) is 3.18. The summed E-state index contributed by atoms with van der Waals surface area (Å²) < 4.78 is 26.2. The predicted octanol–water partition coefficient (Wildman–Crippen LogP) is 4.89. The van der Waals surface area contributed by atoms with Crippen molar-refractivity contribution in [3.05, 3.63) is 81.0 Å². The Morgan fingerprint density at radius 1 is 1.20 bits per heavy atom. The summed E-state index contributed by atoms with van der Waals surface area (Å²) in [5.74, 6) is -0.375. The van der Waals surface area contributed by atoms with Crippen molar-refractivity contribution in [3.8, 4) is 23.3 Å². The average Bonchev–Trinajstić information content (AvgIpc) is 3.13. The quantitative estimate of drug-likeness (QED) is 0.349. The normalized spacial score (nSPS) is 10.7. The van der Waals surface area contributed by atoms with E-state index in [0.717, 1.165) is 6.07 Å². The lowest BCUT2D eigenvalue weighted by Crippen LogP contribution is -2.25. The molecule has 0 spiro atoms. The molecule has 0 aliphatic carbocycles. The van der Waals surface area contributed by atoms with Crippen LogP contribution in [0.15, 0.2) is 48.7 Å². The maximum Gasteiger partial charge on any atom is 0.312 e. The van der Waals surface area contributed by atoms with E-state index in [1.165, 1.54) is 30.5 Å². The van der Waals surface area contributed by atoms with E-state index >= 15 is 0 Å². The molecule has 10 heteroatoms. The van der Waals surface area contributed by atoms with Crippen LogP contribution in [0.25, 0.3) is 11.0 Å². The van der Waals surface area contributed by atoms with Crippen LogP contribution < -0.4 is 14.2 Å². The first kappa shape index (κ1) is 19.8. The van der Waals surface area contributed by atoms with Gasteiger partial charge in [0.2, 0.25) is 0 Å². The van der Waals surface area contributed by atoms with Crippen LogP contribution in [0, 0.1) is 22.4 Å². The Bertz CT molecular complexity index is 1300. The molecule has 0 saturated heterocycles. The highest BCUT2D eigenvalue weighted by Crippen LogP contribution is 2.35. The van der Waals surface area contributed by atoms with Gasteiger partial charge in [-0.05, 0) is 30.3 Å². The minimum absolute atomic E-state index is 0.0243. The van der Waals surface area contributed by atoms with Crippen molar-refractivity contribution in [2.45, 2.75) is 6.61 Å². The molecule has 0 atom stereocenters. The topological polar surface area (TPSA) is 97.9 Å². The number of ether oxygens (including phenoxy) is 2. The van der Waals surface area contributed by atoms with Crippen LogP contribution in [0.1, 0.15) is 11.3 Å². The number of benzene rings is 2. The molecule has 0 radical (unpaired) electrons. The van der Waals surface area contributed by atoms with Crippen LogP contribution >= 0.6 is 23.2 Å². The zero-order valence-corrected chi connectivity index (χ0v) is 16.5. The third kappa shape index (κ3) is 3.94. The Morgan fingerprint density at radius 2 is 2.00 bits per heavy atom. The molecule has 2 aromatic carbocycles. The number of hydrogen-bond donors (Lipinski definition) is 1. The molecule has 4 aromatic rings. The zero-order chi connectivity index (χ0) is 21.3. The highest BCUT2D eigenvalue weighted by Gasteiger charge is 2.16. The van der Waals surface area contributed by atoms with Gasteiger partial charge in [0, 0.05) is 17.2 Å². The highest BCUT2D eigenvalue weighted by molar-refractivity contribution is 6.32. The van der Waals surface area contributed by atoms with Gasteiger partial charge >= 0.3 is 5.65 Å². The number of H-pyrrole nitrogens is 1. The second-order valence-corrected chi connectivity index (χ2v) is 6.98. The van der Waals surface area contributed by atoms with Crippen LogP contribution in [0.5, 0.6) is 17.2 Å². The molecule has 1 N–H and O–H groups in total. The molecule has 0 bridgehead atoms. The number of nitrogens with one attached hydrogen (secondary N) is 1. The van der Waals surface area contributed by atoms with E-state index in [2.05, 4.69) is 10.2 Å². The van der Waals surface area contributed by atoms with Crippen molar-refractivity contribution < 1.29 is 18.6 Å². The van der Waals surface area contributed by atoms with Crippen LogP contribution in [0.3, 0.4) is 0 Å². The molecule has 30 heavy (non-hydrogen) atoms. The van der Waals surface area contributed by atoms with E-state index in [4.69, 9.17) is 37.9 Å². The summed E-state index contributed by atoms with van der Waals surface area (Å²) >= 11 is 12.0. The third-order valence-corrected chi connectivity index (χ3v) is 4.72. The van der Waals surface area contributed by atoms with E-state index in [9.17, 15) is 9.60 Å². The van der Waals surface area contributed by atoms with Crippen LogP contribution in [0.2, 0.25) is 10.0 Å². The smallest absolute Gasteiger partial charge is 0.312 e. The predicted molar refractivity (Wildman–Crippen MR) is 107 cm³/mol. The number of fused-ring (bicyclic) bond motifs is 1. The van der Waals surface area contributed by atoms with E-state index in [-0.39, 0.29) is 34.5 Å². The Kier molecular flexibility index (Phi) is 5.31. The van der Waals surface area contributed by atoms with Gasteiger partial charge in [0.1, 0.15) is 40.4 Å². The van der Waals surface area contributed by atoms with Crippen molar-refractivity contribution in [3.63, 3.8) is 0 Å². The fraction of sp³-hybridized carbons (Fsp3) is 0.0500.